The summed E-state index contributed by atoms with van der Waals surface area (Å²) < 4.78 is 23.3. The second kappa shape index (κ2) is 13.5. The first-order chi connectivity index (χ1) is 19.3. The van der Waals surface area contributed by atoms with Crippen LogP contribution in [0.2, 0.25) is 0 Å². The van der Waals surface area contributed by atoms with Crippen LogP contribution in [-0.2, 0) is 22.7 Å². The van der Waals surface area contributed by atoms with Crippen molar-refractivity contribution in [3.05, 3.63) is 56.7 Å². The molecule has 11 nitrogen and oxygen atoms in total. The summed E-state index contributed by atoms with van der Waals surface area (Å²) in [6.07, 6.45) is -0.411. The highest BCUT2D eigenvalue weighted by atomic mass is 127. The summed E-state index contributed by atoms with van der Waals surface area (Å²) in [5, 5.41) is 33.0. The molecule has 0 radical (unpaired) electrons. The fourth-order valence-electron chi connectivity index (χ4n) is 4.72. The minimum atomic E-state index is -1.20. The molecule has 3 unspecified atom stereocenters. The summed E-state index contributed by atoms with van der Waals surface area (Å²) in [6.45, 7) is 1.65. The van der Waals surface area contributed by atoms with E-state index in [1.54, 1.807) is 42.2 Å². The van der Waals surface area contributed by atoms with Crippen LogP contribution in [-0.4, -0.2) is 77.3 Å². The Labute approximate surface area is 245 Å². The van der Waals surface area contributed by atoms with Crippen molar-refractivity contribution in [1.29, 1.82) is 0 Å². The van der Waals surface area contributed by atoms with E-state index in [9.17, 15) is 24.9 Å². The molecule has 1 aliphatic carbocycles. The van der Waals surface area contributed by atoms with Gasteiger partial charge in [0.25, 0.3) is 0 Å². The number of carbonyl (C=O) groups excluding carboxylic acids is 2. The number of carbonyl (C=O) groups is 2. The first-order valence-corrected chi connectivity index (χ1v) is 14.0. The van der Waals surface area contributed by atoms with Gasteiger partial charge in [0.1, 0.15) is 12.2 Å². The second-order valence-corrected chi connectivity index (χ2v) is 10.5. The van der Waals surface area contributed by atoms with E-state index in [1.807, 2.05) is 6.07 Å². The third kappa shape index (κ3) is 6.62. The van der Waals surface area contributed by atoms with Crippen molar-refractivity contribution in [2.45, 2.75) is 51.2 Å². The number of fused-ring (bicyclic) bond motifs is 1. The quantitative estimate of drug-likeness (QED) is 0.264. The van der Waals surface area contributed by atoms with Crippen molar-refractivity contribution in [2.24, 2.45) is 0 Å². The normalized spacial score (nSPS) is 19.6. The smallest absolute Gasteiger partial charge is 0.247 e. The van der Waals surface area contributed by atoms with Crippen molar-refractivity contribution in [3.63, 3.8) is 0 Å². The first-order valence-electron chi connectivity index (χ1n) is 12.9. The summed E-state index contributed by atoms with van der Waals surface area (Å²) in [5.41, 5.74) is 1.71. The molecule has 2 amide bonds. The fraction of sp³-hybridized carbons (Fsp3) is 0.429. The van der Waals surface area contributed by atoms with Crippen LogP contribution >= 0.6 is 22.6 Å². The molecule has 3 atom stereocenters. The number of hydrogen-bond acceptors (Lipinski definition) is 9. The number of hydrogen-bond donors (Lipinski definition) is 4. The van der Waals surface area contributed by atoms with Crippen molar-refractivity contribution < 1.29 is 43.9 Å². The number of amides is 2. The number of aliphatic hydroxyl groups excluding tert-OH is 3. The summed E-state index contributed by atoms with van der Waals surface area (Å²) in [5.74, 6) is 1.24. The molecule has 0 bridgehead atoms. The number of benzene rings is 2. The molecular weight excluding hydrogens is 635 g/mol. The summed E-state index contributed by atoms with van der Waals surface area (Å²) in [4.78, 5) is 27.8. The van der Waals surface area contributed by atoms with E-state index in [-0.39, 0.29) is 51.8 Å². The van der Waals surface area contributed by atoms with E-state index in [1.165, 1.54) is 7.11 Å². The molecule has 2 aromatic carbocycles. The molecule has 1 aliphatic heterocycles. The monoisotopic (exact) mass is 668 g/mol. The minimum Gasteiger partial charge on any atom is -0.493 e. The van der Waals surface area contributed by atoms with Gasteiger partial charge in [-0.05, 0) is 64.1 Å². The summed E-state index contributed by atoms with van der Waals surface area (Å²) in [7, 11) is 1.47. The minimum absolute atomic E-state index is 0.0536. The van der Waals surface area contributed by atoms with Crippen LogP contribution in [0.3, 0.4) is 0 Å². The zero-order valence-electron chi connectivity index (χ0n) is 22.3. The number of rotatable bonds is 11. The Balaban J connectivity index is 1.69. The van der Waals surface area contributed by atoms with E-state index in [0.717, 1.165) is 5.56 Å². The van der Waals surface area contributed by atoms with Crippen LogP contribution in [0.4, 0.5) is 0 Å². The number of aliphatic hydroxyl groups is 3. The number of ether oxygens (including phenoxy) is 4. The average Bonchev–Trinajstić information content (AvgIpc) is 3.44. The number of methoxy groups -OCH3 is 1. The summed E-state index contributed by atoms with van der Waals surface area (Å²) >= 11 is 2.05. The molecule has 0 saturated heterocycles. The SMILES string of the molecule is CCC(=O)N(Cc1ccc2c(c1)OCO2)C1CC(C(=O)NCCO)=CC(Oc2c(I)cc(CO)cc2OC)C1O. The molecule has 0 saturated carbocycles. The highest BCUT2D eigenvalue weighted by Gasteiger charge is 2.40. The molecule has 216 valence electrons. The van der Waals surface area contributed by atoms with Gasteiger partial charge >= 0.3 is 0 Å². The largest absolute Gasteiger partial charge is 0.493 e. The lowest BCUT2D eigenvalue weighted by molar-refractivity contribution is -0.139. The van der Waals surface area contributed by atoms with Gasteiger partial charge in [0.2, 0.25) is 18.6 Å². The lowest BCUT2D eigenvalue weighted by atomic mass is 9.87. The van der Waals surface area contributed by atoms with Gasteiger partial charge in [-0.15, -0.1) is 0 Å². The van der Waals surface area contributed by atoms with Crippen LogP contribution in [0, 0.1) is 3.57 Å². The lowest BCUT2D eigenvalue weighted by Crippen LogP contribution is -2.54. The van der Waals surface area contributed by atoms with Crippen LogP contribution in [0.25, 0.3) is 0 Å². The van der Waals surface area contributed by atoms with Crippen molar-refractivity contribution in [3.8, 4) is 23.0 Å². The fourth-order valence-corrected chi connectivity index (χ4v) is 5.52. The third-order valence-corrected chi connectivity index (χ3v) is 7.55. The van der Waals surface area contributed by atoms with Crippen molar-refractivity contribution in [1.82, 2.24) is 10.2 Å². The van der Waals surface area contributed by atoms with Gasteiger partial charge in [0.05, 0.1) is 29.9 Å². The van der Waals surface area contributed by atoms with E-state index >= 15 is 0 Å². The Hall–Kier alpha value is -3.07. The van der Waals surface area contributed by atoms with Crippen LogP contribution < -0.4 is 24.3 Å². The maximum absolute atomic E-state index is 13.3. The van der Waals surface area contributed by atoms with Gasteiger partial charge in [-0.25, -0.2) is 0 Å². The van der Waals surface area contributed by atoms with Gasteiger partial charge < -0.3 is 44.5 Å². The van der Waals surface area contributed by atoms with Gasteiger partial charge in [-0.2, -0.15) is 0 Å². The zero-order chi connectivity index (χ0) is 28.8. The molecule has 0 aromatic heterocycles. The van der Waals surface area contributed by atoms with Crippen molar-refractivity contribution >= 4 is 34.4 Å². The van der Waals surface area contributed by atoms with E-state index in [0.29, 0.717) is 37.7 Å². The zero-order valence-corrected chi connectivity index (χ0v) is 24.4. The van der Waals surface area contributed by atoms with Crippen LogP contribution in [0.1, 0.15) is 30.9 Å². The first kappa shape index (κ1) is 29.9. The Morgan fingerprint density at radius 3 is 2.62 bits per heavy atom. The van der Waals surface area contributed by atoms with E-state index in [2.05, 4.69) is 27.9 Å². The molecule has 0 fully saturated rings. The van der Waals surface area contributed by atoms with Gasteiger partial charge in [-0.3, -0.25) is 9.59 Å². The van der Waals surface area contributed by atoms with Gasteiger partial charge in [-0.1, -0.05) is 13.0 Å². The maximum Gasteiger partial charge on any atom is 0.247 e. The van der Waals surface area contributed by atoms with E-state index < -0.39 is 24.2 Å². The molecule has 12 heteroatoms. The summed E-state index contributed by atoms with van der Waals surface area (Å²) in [6, 6.07) is 7.96. The molecule has 4 rings (SSSR count). The average molecular weight is 668 g/mol. The topological polar surface area (TPSA) is 147 Å². The third-order valence-electron chi connectivity index (χ3n) is 6.75. The van der Waals surface area contributed by atoms with E-state index in [4.69, 9.17) is 18.9 Å². The standard InChI is InChI=1S/C28H33IN2O9/c1-3-25(34)31(13-16-4-5-21-22(9-16)39-15-38-21)20-11-18(28(36)30-6-7-32)12-23(26(20)35)40-27-19(29)8-17(14-33)10-24(27)37-2/h4-5,8-10,12,20,23,26,32-33,35H,3,6-7,11,13-15H2,1-2H3,(H,30,36). The molecule has 2 aromatic rings. The Kier molecular flexibility index (Phi) is 10.1. The predicted molar refractivity (Wildman–Crippen MR) is 152 cm³/mol. The molecule has 40 heavy (non-hydrogen) atoms. The highest BCUT2D eigenvalue weighted by molar-refractivity contribution is 14.1. The number of halogens is 1. The van der Waals surface area contributed by atoms with Crippen LogP contribution in [0.15, 0.2) is 42.0 Å². The lowest BCUT2D eigenvalue weighted by Gasteiger charge is -2.40. The van der Waals surface area contributed by atoms with Gasteiger partial charge in [0, 0.05) is 31.5 Å². The second-order valence-electron chi connectivity index (χ2n) is 9.35. The molecule has 4 N–H and O–H groups in total. The Morgan fingerprint density at radius 2 is 1.93 bits per heavy atom. The molecule has 2 aliphatic rings. The Morgan fingerprint density at radius 1 is 1.15 bits per heavy atom. The number of nitrogens with zero attached hydrogens (tertiary/aromatic N) is 1. The maximum atomic E-state index is 13.3. The van der Waals surface area contributed by atoms with Crippen molar-refractivity contribution in [2.75, 3.05) is 27.1 Å². The highest BCUT2D eigenvalue weighted by Crippen LogP contribution is 2.38. The Bertz CT molecular complexity index is 1270. The number of nitrogens with one attached hydrogen (secondary N) is 1. The molecular formula is C28H33IN2O9. The molecule has 1 heterocycles. The van der Waals surface area contributed by atoms with Crippen LogP contribution in [0.5, 0.6) is 23.0 Å². The predicted octanol–water partition coefficient (Wildman–Crippen LogP) is 1.88. The van der Waals surface area contributed by atoms with Gasteiger partial charge in [0.15, 0.2) is 23.0 Å². The molecule has 0 spiro atoms.